The summed E-state index contributed by atoms with van der Waals surface area (Å²) in [4.78, 5) is 12.5. The molecule has 0 unspecified atom stereocenters. The van der Waals surface area contributed by atoms with E-state index in [1.54, 1.807) is 12.1 Å². The largest absolute Gasteiger partial charge is 0.390 e. The van der Waals surface area contributed by atoms with Crippen LogP contribution in [0.5, 0.6) is 0 Å². The fourth-order valence-corrected chi connectivity index (χ4v) is 1.78. The molecule has 1 aromatic rings. The molecule has 0 radical (unpaired) electrons. The molecule has 6 heteroatoms. The third-order valence-electron chi connectivity index (χ3n) is 2.50. The Labute approximate surface area is 108 Å². The first-order valence-corrected chi connectivity index (χ1v) is 5.67. The van der Waals surface area contributed by atoms with Crippen molar-refractivity contribution in [2.75, 3.05) is 18.5 Å². The first-order valence-electron chi connectivity index (χ1n) is 5.29. The summed E-state index contributed by atoms with van der Waals surface area (Å²) in [5.74, 6) is -0.138. The zero-order valence-corrected chi connectivity index (χ0v) is 10.8. The molecule has 0 aliphatic carbocycles. The molecular formula is C12H13ClF3NO. The second-order valence-corrected chi connectivity index (χ2v) is 4.42. The number of ketones is 1. The summed E-state index contributed by atoms with van der Waals surface area (Å²) in [5.41, 5.74) is 0.916. The molecule has 100 valence electrons. The molecule has 1 rings (SSSR count). The standard InChI is InChI=1S/C12H13ClF3NO/c1-8(18)9-3-4-11(10(13)7-9)17(2)6-5-12(14,15)16/h3-4,7H,5-6H2,1-2H3. The van der Waals surface area contributed by atoms with E-state index in [4.69, 9.17) is 11.6 Å². The number of nitrogens with zero attached hydrogens (tertiary/aromatic N) is 1. The van der Waals surface area contributed by atoms with Crippen LogP contribution in [0.2, 0.25) is 5.02 Å². The Balaban J connectivity index is 2.80. The fourth-order valence-electron chi connectivity index (χ4n) is 1.45. The number of carbonyl (C=O) groups is 1. The van der Waals surface area contributed by atoms with Crippen molar-refractivity contribution in [2.45, 2.75) is 19.5 Å². The molecule has 0 saturated heterocycles. The normalized spacial score (nSPS) is 11.4. The van der Waals surface area contributed by atoms with Crippen LogP contribution in [0.25, 0.3) is 0 Å². The number of hydrogen-bond donors (Lipinski definition) is 0. The van der Waals surface area contributed by atoms with Crippen LogP contribution < -0.4 is 4.90 Å². The molecule has 0 spiro atoms. The summed E-state index contributed by atoms with van der Waals surface area (Å²) in [7, 11) is 1.53. The van der Waals surface area contributed by atoms with Gasteiger partial charge in [0.25, 0.3) is 0 Å². The maximum absolute atomic E-state index is 12.1. The summed E-state index contributed by atoms with van der Waals surface area (Å²) in [6.45, 7) is 1.22. The van der Waals surface area contributed by atoms with Crippen molar-refractivity contribution in [1.82, 2.24) is 0 Å². The van der Waals surface area contributed by atoms with E-state index < -0.39 is 12.6 Å². The van der Waals surface area contributed by atoms with Crippen molar-refractivity contribution in [3.8, 4) is 0 Å². The lowest BCUT2D eigenvalue weighted by molar-refractivity contribution is -0.132. The highest BCUT2D eigenvalue weighted by atomic mass is 35.5. The first kappa shape index (κ1) is 14.8. The van der Waals surface area contributed by atoms with Crippen molar-refractivity contribution in [3.05, 3.63) is 28.8 Å². The lowest BCUT2D eigenvalue weighted by Crippen LogP contribution is -2.24. The lowest BCUT2D eigenvalue weighted by Gasteiger charge is -2.21. The van der Waals surface area contributed by atoms with Crippen LogP contribution in [0.15, 0.2) is 18.2 Å². The van der Waals surface area contributed by atoms with Crippen molar-refractivity contribution >= 4 is 23.1 Å². The molecule has 0 aromatic heterocycles. The molecule has 0 saturated carbocycles. The van der Waals surface area contributed by atoms with Gasteiger partial charge >= 0.3 is 6.18 Å². The minimum atomic E-state index is -4.19. The van der Waals surface area contributed by atoms with Crippen LogP contribution >= 0.6 is 11.6 Å². The van der Waals surface area contributed by atoms with Gasteiger partial charge in [0, 0.05) is 19.2 Å². The maximum Gasteiger partial charge on any atom is 0.390 e. The Kier molecular flexibility index (Phi) is 4.62. The number of rotatable bonds is 4. The SMILES string of the molecule is CC(=O)c1ccc(N(C)CCC(F)(F)F)c(Cl)c1. The second kappa shape index (κ2) is 5.61. The zero-order chi connectivity index (χ0) is 13.9. The molecule has 0 aliphatic heterocycles. The van der Waals surface area contributed by atoms with Crippen molar-refractivity contribution < 1.29 is 18.0 Å². The Morgan fingerprint density at radius 1 is 1.39 bits per heavy atom. The fraction of sp³-hybridized carbons (Fsp3) is 0.417. The Hall–Kier alpha value is -1.23. The van der Waals surface area contributed by atoms with Gasteiger partial charge in [-0.2, -0.15) is 13.2 Å². The third-order valence-corrected chi connectivity index (χ3v) is 2.80. The molecule has 18 heavy (non-hydrogen) atoms. The number of alkyl halides is 3. The number of anilines is 1. The van der Waals surface area contributed by atoms with Gasteiger partial charge < -0.3 is 4.90 Å². The first-order chi connectivity index (χ1) is 8.20. The lowest BCUT2D eigenvalue weighted by atomic mass is 10.1. The molecule has 0 fully saturated rings. The van der Waals surface area contributed by atoms with Gasteiger partial charge in [-0.3, -0.25) is 4.79 Å². The van der Waals surface area contributed by atoms with Crippen LogP contribution in [0.1, 0.15) is 23.7 Å². The zero-order valence-electron chi connectivity index (χ0n) is 10.0. The van der Waals surface area contributed by atoms with Gasteiger partial charge in [0.1, 0.15) is 0 Å². The van der Waals surface area contributed by atoms with Gasteiger partial charge in [-0.25, -0.2) is 0 Å². The molecule has 2 nitrogen and oxygen atoms in total. The summed E-state index contributed by atoms with van der Waals surface area (Å²) in [6.07, 6.45) is -5.10. The molecule has 0 bridgehead atoms. The van der Waals surface area contributed by atoms with Crippen LogP contribution in [0, 0.1) is 0 Å². The van der Waals surface area contributed by atoms with Crippen LogP contribution in [0.4, 0.5) is 18.9 Å². The van der Waals surface area contributed by atoms with E-state index >= 15 is 0 Å². The molecular weight excluding hydrogens is 267 g/mol. The Morgan fingerprint density at radius 2 is 2.00 bits per heavy atom. The molecule has 0 heterocycles. The number of halogens is 4. The van der Waals surface area contributed by atoms with Gasteiger partial charge in [-0.1, -0.05) is 11.6 Å². The van der Waals surface area contributed by atoms with Gasteiger partial charge in [0.2, 0.25) is 0 Å². The maximum atomic E-state index is 12.1. The summed E-state index contributed by atoms with van der Waals surface area (Å²) >= 11 is 5.94. The minimum absolute atomic E-state index is 0.138. The summed E-state index contributed by atoms with van der Waals surface area (Å²) in [6, 6.07) is 4.56. The molecule has 0 atom stereocenters. The average Bonchev–Trinajstić information content (AvgIpc) is 2.24. The molecule has 0 amide bonds. The summed E-state index contributed by atoms with van der Waals surface area (Å²) < 4.78 is 36.3. The summed E-state index contributed by atoms with van der Waals surface area (Å²) in [5, 5.41) is 0.271. The molecule has 0 N–H and O–H groups in total. The van der Waals surface area contributed by atoms with Gasteiger partial charge in [-0.15, -0.1) is 0 Å². The number of carbonyl (C=O) groups excluding carboxylic acids is 1. The second-order valence-electron chi connectivity index (χ2n) is 4.01. The van der Waals surface area contributed by atoms with Crippen molar-refractivity contribution in [3.63, 3.8) is 0 Å². The van der Waals surface area contributed by atoms with E-state index in [0.717, 1.165) is 0 Å². The van der Waals surface area contributed by atoms with Gasteiger partial charge in [-0.05, 0) is 25.1 Å². The highest BCUT2D eigenvalue weighted by molar-refractivity contribution is 6.33. The predicted octanol–water partition coefficient (Wildman–Crippen LogP) is 3.93. The topological polar surface area (TPSA) is 20.3 Å². The third kappa shape index (κ3) is 4.22. The number of Topliss-reactive ketones (excluding diaryl/α,β-unsaturated/α-hetero) is 1. The smallest absolute Gasteiger partial charge is 0.373 e. The van der Waals surface area contributed by atoms with E-state index in [1.807, 2.05) is 0 Å². The quantitative estimate of drug-likeness (QED) is 0.778. The number of hydrogen-bond acceptors (Lipinski definition) is 2. The van der Waals surface area contributed by atoms with Gasteiger partial charge in [0.15, 0.2) is 5.78 Å². The van der Waals surface area contributed by atoms with Crippen LogP contribution in [-0.2, 0) is 0 Å². The monoisotopic (exact) mass is 279 g/mol. The van der Waals surface area contributed by atoms with Crippen LogP contribution in [-0.4, -0.2) is 25.6 Å². The van der Waals surface area contributed by atoms with Crippen LogP contribution in [0.3, 0.4) is 0 Å². The van der Waals surface area contributed by atoms with Gasteiger partial charge in [0.05, 0.1) is 17.1 Å². The minimum Gasteiger partial charge on any atom is -0.373 e. The van der Waals surface area contributed by atoms with Crippen molar-refractivity contribution in [2.24, 2.45) is 0 Å². The Bertz CT molecular complexity index is 445. The average molecular weight is 280 g/mol. The van der Waals surface area contributed by atoms with E-state index in [2.05, 4.69) is 0 Å². The highest BCUT2D eigenvalue weighted by Gasteiger charge is 2.27. The molecule has 1 aromatic carbocycles. The predicted molar refractivity (Wildman–Crippen MR) is 65.4 cm³/mol. The highest BCUT2D eigenvalue weighted by Crippen LogP contribution is 2.28. The Morgan fingerprint density at radius 3 is 2.44 bits per heavy atom. The number of benzene rings is 1. The molecule has 0 aliphatic rings. The van der Waals surface area contributed by atoms with E-state index in [-0.39, 0.29) is 17.4 Å². The van der Waals surface area contributed by atoms with E-state index in [9.17, 15) is 18.0 Å². The van der Waals surface area contributed by atoms with Crippen molar-refractivity contribution in [1.29, 1.82) is 0 Å². The van der Waals surface area contributed by atoms with E-state index in [0.29, 0.717) is 11.3 Å². The van der Waals surface area contributed by atoms with E-state index in [1.165, 1.54) is 24.9 Å².